The van der Waals surface area contributed by atoms with Gasteiger partial charge in [-0.25, -0.2) is 8.42 Å². The molecule has 1 aliphatic heterocycles. The lowest BCUT2D eigenvalue weighted by molar-refractivity contribution is -0.122. The van der Waals surface area contributed by atoms with Crippen LogP contribution in [-0.4, -0.2) is 50.1 Å². The van der Waals surface area contributed by atoms with E-state index in [1.165, 1.54) is 35.6 Å². The molecule has 1 fully saturated rings. The molecule has 9 nitrogen and oxygen atoms in total. The van der Waals surface area contributed by atoms with Crippen molar-refractivity contribution in [2.45, 2.75) is 18.7 Å². The van der Waals surface area contributed by atoms with Crippen molar-refractivity contribution >= 4 is 44.1 Å². The highest BCUT2D eigenvalue weighted by molar-refractivity contribution is 7.89. The van der Waals surface area contributed by atoms with Crippen LogP contribution in [-0.2, 0) is 14.8 Å². The van der Waals surface area contributed by atoms with Gasteiger partial charge in [-0.1, -0.05) is 6.07 Å². The smallest absolute Gasteiger partial charge is 0.256 e. The summed E-state index contributed by atoms with van der Waals surface area (Å²) >= 11 is 1.22. The maximum absolute atomic E-state index is 12.8. The highest BCUT2D eigenvalue weighted by atomic mass is 32.2. The number of anilines is 1. The molecular weight excluding hydrogens is 416 g/mol. The zero-order valence-electron chi connectivity index (χ0n) is 15.8. The van der Waals surface area contributed by atoms with E-state index in [1.54, 1.807) is 6.92 Å². The molecular formula is C18H20N4O5S2. The quantitative estimate of drug-likeness (QED) is 0.637. The largest absolute Gasteiger partial charge is 0.365 e. The lowest BCUT2D eigenvalue weighted by Crippen LogP contribution is -2.49. The predicted octanol–water partition coefficient (Wildman–Crippen LogP) is 0.837. The molecule has 0 aliphatic carbocycles. The molecule has 3 rings (SSSR count). The Balaban J connectivity index is 1.88. The van der Waals surface area contributed by atoms with Gasteiger partial charge >= 0.3 is 0 Å². The van der Waals surface area contributed by atoms with Gasteiger partial charge in [0.2, 0.25) is 15.9 Å². The number of carbonyl (C=O) groups excluding carboxylic acids is 3. The molecule has 4 N–H and O–H groups in total. The Hall–Kier alpha value is -2.76. The number of nitrogens with one attached hydrogen (secondary N) is 2. The summed E-state index contributed by atoms with van der Waals surface area (Å²) in [7, 11) is -3.93. The van der Waals surface area contributed by atoms with E-state index >= 15 is 0 Å². The minimum Gasteiger partial charge on any atom is -0.365 e. The zero-order chi connectivity index (χ0) is 21.3. The van der Waals surface area contributed by atoms with E-state index in [9.17, 15) is 22.8 Å². The first-order chi connectivity index (χ1) is 13.6. The molecule has 3 amide bonds. The number of aryl methyl sites for hydroxylation is 1. The normalized spacial score (nSPS) is 15.0. The van der Waals surface area contributed by atoms with Crippen LogP contribution in [0.5, 0.6) is 0 Å². The van der Waals surface area contributed by atoms with Gasteiger partial charge in [-0.05, 0) is 37.6 Å². The fraction of sp³-hybridized carbons (Fsp3) is 0.278. The van der Waals surface area contributed by atoms with Crippen molar-refractivity contribution in [2.24, 2.45) is 5.73 Å². The molecule has 0 radical (unpaired) electrons. The van der Waals surface area contributed by atoms with Crippen LogP contribution in [0.4, 0.5) is 5.00 Å². The molecule has 2 aromatic rings. The molecule has 0 unspecified atom stereocenters. The second kappa shape index (κ2) is 7.93. The van der Waals surface area contributed by atoms with Crippen LogP contribution >= 0.6 is 11.3 Å². The maximum Gasteiger partial charge on any atom is 0.256 e. The number of piperazine rings is 1. The third-order valence-electron chi connectivity index (χ3n) is 4.60. The molecule has 0 spiro atoms. The number of rotatable bonds is 5. The average Bonchev–Trinajstić information content (AvgIpc) is 2.95. The van der Waals surface area contributed by atoms with Gasteiger partial charge in [0.05, 0.1) is 17.0 Å². The lowest BCUT2D eigenvalue weighted by Gasteiger charge is -2.26. The number of carbonyl (C=O) groups is 3. The summed E-state index contributed by atoms with van der Waals surface area (Å²) in [6.07, 6.45) is 0. The number of nitrogens with zero attached hydrogens (tertiary/aromatic N) is 1. The number of hydrogen-bond donors (Lipinski definition) is 3. The van der Waals surface area contributed by atoms with Crippen molar-refractivity contribution < 1.29 is 22.8 Å². The second-order valence-electron chi connectivity index (χ2n) is 6.52. The topological polar surface area (TPSA) is 139 Å². The van der Waals surface area contributed by atoms with Gasteiger partial charge < -0.3 is 16.4 Å². The van der Waals surface area contributed by atoms with Crippen LogP contribution in [0, 0.1) is 13.8 Å². The van der Waals surface area contributed by atoms with Crippen molar-refractivity contribution in [1.82, 2.24) is 9.62 Å². The van der Waals surface area contributed by atoms with Crippen molar-refractivity contribution in [3.8, 4) is 0 Å². The standard InChI is InChI=1S/C18H20N4O5S2/c1-10-11(2)28-18(15(10)16(19)24)21-17(25)12-4-3-5-13(8-12)29(26,27)22-7-6-20-14(23)9-22/h3-5,8H,6-7,9H2,1-2H3,(H2,19,24)(H,20,23)(H,21,25). The molecule has 0 saturated carbocycles. The van der Waals surface area contributed by atoms with Gasteiger partial charge in [0, 0.05) is 23.5 Å². The Morgan fingerprint density at radius 1 is 1.28 bits per heavy atom. The van der Waals surface area contributed by atoms with Gasteiger partial charge in [0.25, 0.3) is 11.8 Å². The predicted molar refractivity (Wildman–Crippen MR) is 108 cm³/mol. The van der Waals surface area contributed by atoms with Gasteiger partial charge in [0.15, 0.2) is 0 Å². The third-order valence-corrected chi connectivity index (χ3v) is 7.56. The second-order valence-corrected chi connectivity index (χ2v) is 9.68. The maximum atomic E-state index is 12.8. The first-order valence-electron chi connectivity index (χ1n) is 8.69. The van der Waals surface area contributed by atoms with Crippen molar-refractivity contribution in [3.05, 3.63) is 45.8 Å². The molecule has 1 aromatic carbocycles. The van der Waals surface area contributed by atoms with Crippen LogP contribution in [0.15, 0.2) is 29.2 Å². The lowest BCUT2D eigenvalue weighted by atomic mass is 10.1. The minimum absolute atomic E-state index is 0.0893. The number of sulfonamides is 1. The summed E-state index contributed by atoms with van der Waals surface area (Å²) in [5.41, 5.74) is 6.45. The fourth-order valence-corrected chi connectivity index (χ4v) is 5.46. The van der Waals surface area contributed by atoms with Crippen LogP contribution in [0.2, 0.25) is 0 Å². The summed E-state index contributed by atoms with van der Waals surface area (Å²) in [5, 5.41) is 5.53. The molecule has 1 aliphatic rings. The zero-order valence-corrected chi connectivity index (χ0v) is 17.4. The molecule has 154 valence electrons. The van der Waals surface area contributed by atoms with Crippen molar-refractivity contribution in [2.75, 3.05) is 25.0 Å². The number of primary amides is 1. The SMILES string of the molecule is Cc1sc(NC(=O)c2cccc(S(=O)(=O)N3CCNC(=O)C3)c2)c(C(N)=O)c1C. The molecule has 29 heavy (non-hydrogen) atoms. The van der Waals surface area contributed by atoms with E-state index in [1.807, 2.05) is 6.92 Å². The molecule has 0 atom stereocenters. The monoisotopic (exact) mass is 436 g/mol. The van der Waals surface area contributed by atoms with E-state index in [-0.39, 0.29) is 41.6 Å². The number of amides is 3. The van der Waals surface area contributed by atoms with E-state index in [0.29, 0.717) is 10.6 Å². The highest BCUT2D eigenvalue weighted by Gasteiger charge is 2.29. The Bertz CT molecular complexity index is 1110. The van der Waals surface area contributed by atoms with Crippen LogP contribution in [0.3, 0.4) is 0 Å². The summed E-state index contributed by atoms with van der Waals surface area (Å²) in [6.45, 7) is 3.66. The van der Waals surface area contributed by atoms with Gasteiger partial charge in [-0.15, -0.1) is 11.3 Å². The molecule has 11 heteroatoms. The fourth-order valence-electron chi connectivity index (χ4n) is 2.95. The number of thiophene rings is 1. The first-order valence-corrected chi connectivity index (χ1v) is 10.9. The number of nitrogens with two attached hydrogens (primary N) is 1. The van der Waals surface area contributed by atoms with E-state index in [2.05, 4.69) is 10.6 Å². The van der Waals surface area contributed by atoms with Gasteiger partial charge in [0.1, 0.15) is 5.00 Å². The Labute approximate surface area is 171 Å². The van der Waals surface area contributed by atoms with Gasteiger partial charge in [-0.2, -0.15) is 4.31 Å². The van der Waals surface area contributed by atoms with Gasteiger partial charge in [-0.3, -0.25) is 14.4 Å². The van der Waals surface area contributed by atoms with Crippen molar-refractivity contribution in [1.29, 1.82) is 0 Å². The Morgan fingerprint density at radius 2 is 2.00 bits per heavy atom. The Morgan fingerprint density at radius 3 is 2.66 bits per heavy atom. The van der Waals surface area contributed by atoms with Crippen molar-refractivity contribution in [3.63, 3.8) is 0 Å². The average molecular weight is 437 g/mol. The van der Waals surface area contributed by atoms with E-state index in [0.717, 1.165) is 9.18 Å². The van der Waals surface area contributed by atoms with Crippen LogP contribution in [0.1, 0.15) is 31.2 Å². The van der Waals surface area contributed by atoms with Crippen LogP contribution in [0.25, 0.3) is 0 Å². The molecule has 2 heterocycles. The molecule has 1 saturated heterocycles. The number of hydrogen-bond acceptors (Lipinski definition) is 6. The summed E-state index contributed by atoms with van der Waals surface area (Å²) in [4.78, 5) is 36.7. The Kier molecular flexibility index (Phi) is 5.73. The van der Waals surface area contributed by atoms with Crippen LogP contribution < -0.4 is 16.4 Å². The highest BCUT2D eigenvalue weighted by Crippen LogP contribution is 2.32. The molecule has 0 bridgehead atoms. The summed E-state index contributed by atoms with van der Waals surface area (Å²) in [6, 6.07) is 5.53. The summed E-state index contributed by atoms with van der Waals surface area (Å²) < 4.78 is 26.7. The summed E-state index contributed by atoms with van der Waals surface area (Å²) in [5.74, 6) is -1.60. The first kappa shape index (κ1) is 21.0. The number of benzene rings is 1. The minimum atomic E-state index is -3.93. The third kappa shape index (κ3) is 4.16. The molecule has 1 aromatic heterocycles. The van der Waals surface area contributed by atoms with E-state index < -0.39 is 21.8 Å². The van der Waals surface area contributed by atoms with E-state index in [4.69, 9.17) is 5.73 Å².